The zero-order valence-corrected chi connectivity index (χ0v) is 10.8. The van der Waals surface area contributed by atoms with Gasteiger partial charge in [0.2, 0.25) is 0 Å². The molecule has 17 heavy (non-hydrogen) atoms. The minimum Gasteiger partial charge on any atom is -0.347 e. The molecule has 98 valence electrons. The number of rotatable bonds is 3. The van der Waals surface area contributed by atoms with Crippen LogP contribution < -0.4 is 11.1 Å². The van der Waals surface area contributed by atoms with E-state index >= 15 is 0 Å². The van der Waals surface area contributed by atoms with Gasteiger partial charge in [-0.15, -0.1) is 0 Å². The Labute approximate surface area is 102 Å². The SMILES string of the molecule is CC1CN(C(=O)C(=O)NCCN)CC1N(C)C. The third kappa shape index (κ3) is 3.41. The van der Waals surface area contributed by atoms with Gasteiger partial charge in [-0.2, -0.15) is 0 Å². The second-order valence-corrected chi connectivity index (χ2v) is 4.76. The molecule has 1 aliphatic rings. The van der Waals surface area contributed by atoms with Crippen LogP contribution in [0.15, 0.2) is 0 Å². The van der Waals surface area contributed by atoms with E-state index < -0.39 is 11.8 Å². The van der Waals surface area contributed by atoms with E-state index in [2.05, 4.69) is 17.1 Å². The van der Waals surface area contributed by atoms with E-state index in [-0.39, 0.29) is 0 Å². The van der Waals surface area contributed by atoms with Gasteiger partial charge in [-0.1, -0.05) is 6.92 Å². The van der Waals surface area contributed by atoms with E-state index in [9.17, 15) is 9.59 Å². The second kappa shape index (κ2) is 5.97. The van der Waals surface area contributed by atoms with Crippen molar-refractivity contribution in [2.24, 2.45) is 11.7 Å². The van der Waals surface area contributed by atoms with Crippen LogP contribution in [0.3, 0.4) is 0 Å². The van der Waals surface area contributed by atoms with Crippen LogP contribution >= 0.6 is 0 Å². The van der Waals surface area contributed by atoms with Crippen molar-refractivity contribution in [2.75, 3.05) is 40.3 Å². The molecule has 0 aromatic heterocycles. The van der Waals surface area contributed by atoms with Crippen LogP contribution in [0, 0.1) is 5.92 Å². The summed E-state index contributed by atoms with van der Waals surface area (Å²) in [5.74, 6) is -0.618. The molecule has 0 aromatic carbocycles. The minimum absolute atomic E-state index is 0.321. The Morgan fingerprint density at radius 3 is 2.53 bits per heavy atom. The number of hydrogen-bond donors (Lipinski definition) is 2. The molecule has 1 aliphatic heterocycles. The van der Waals surface area contributed by atoms with Crippen LogP contribution in [-0.4, -0.2) is 67.9 Å². The number of carbonyl (C=O) groups excluding carboxylic acids is 2. The fraction of sp³-hybridized carbons (Fsp3) is 0.818. The predicted octanol–water partition coefficient (Wildman–Crippen LogP) is -1.53. The van der Waals surface area contributed by atoms with Crippen molar-refractivity contribution < 1.29 is 9.59 Å². The quantitative estimate of drug-likeness (QED) is 0.589. The van der Waals surface area contributed by atoms with Gasteiger partial charge in [0.05, 0.1) is 0 Å². The lowest BCUT2D eigenvalue weighted by molar-refractivity contribution is -0.145. The van der Waals surface area contributed by atoms with Crippen molar-refractivity contribution in [3.8, 4) is 0 Å². The summed E-state index contributed by atoms with van der Waals surface area (Å²) in [7, 11) is 3.98. The fourth-order valence-corrected chi connectivity index (χ4v) is 2.19. The molecule has 0 bridgehead atoms. The first-order chi connectivity index (χ1) is 7.97. The number of amides is 2. The summed E-state index contributed by atoms with van der Waals surface area (Å²) < 4.78 is 0. The van der Waals surface area contributed by atoms with Crippen molar-refractivity contribution in [3.63, 3.8) is 0 Å². The molecule has 2 atom stereocenters. The Hall–Kier alpha value is -1.14. The molecule has 0 saturated carbocycles. The van der Waals surface area contributed by atoms with Gasteiger partial charge in [0, 0.05) is 32.2 Å². The second-order valence-electron chi connectivity index (χ2n) is 4.76. The number of nitrogens with two attached hydrogens (primary N) is 1. The molecule has 0 spiro atoms. The molecule has 2 amide bonds. The Morgan fingerprint density at radius 2 is 2.06 bits per heavy atom. The maximum Gasteiger partial charge on any atom is 0.311 e. The van der Waals surface area contributed by atoms with Gasteiger partial charge in [0.25, 0.3) is 0 Å². The zero-order valence-electron chi connectivity index (χ0n) is 10.8. The van der Waals surface area contributed by atoms with Crippen LogP contribution in [-0.2, 0) is 9.59 Å². The Kier molecular flexibility index (Phi) is 4.89. The van der Waals surface area contributed by atoms with Crippen molar-refractivity contribution >= 4 is 11.8 Å². The number of hydrogen-bond acceptors (Lipinski definition) is 4. The van der Waals surface area contributed by atoms with Crippen LogP contribution in [0.4, 0.5) is 0 Å². The average Bonchev–Trinajstić information content (AvgIpc) is 2.67. The molecule has 6 heteroatoms. The smallest absolute Gasteiger partial charge is 0.311 e. The average molecular weight is 242 g/mol. The molecule has 0 radical (unpaired) electrons. The van der Waals surface area contributed by atoms with E-state index in [4.69, 9.17) is 5.73 Å². The predicted molar refractivity (Wildman–Crippen MR) is 65.3 cm³/mol. The lowest BCUT2D eigenvalue weighted by Crippen LogP contribution is -2.44. The Bertz CT molecular complexity index is 293. The molecule has 2 unspecified atom stereocenters. The van der Waals surface area contributed by atoms with Gasteiger partial charge in [-0.05, 0) is 20.0 Å². The molecule has 0 aliphatic carbocycles. The maximum atomic E-state index is 11.8. The first-order valence-electron chi connectivity index (χ1n) is 5.91. The highest BCUT2D eigenvalue weighted by Gasteiger charge is 2.35. The first kappa shape index (κ1) is 13.9. The molecule has 0 aromatic rings. The van der Waals surface area contributed by atoms with E-state index in [1.54, 1.807) is 4.90 Å². The summed E-state index contributed by atoms with van der Waals surface area (Å²) in [5, 5.41) is 2.50. The van der Waals surface area contributed by atoms with Crippen molar-refractivity contribution in [3.05, 3.63) is 0 Å². The van der Waals surface area contributed by atoms with Gasteiger partial charge in [0.1, 0.15) is 0 Å². The Morgan fingerprint density at radius 1 is 1.41 bits per heavy atom. The highest BCUT2D eigenvalue weighted by atomic mass is 16.2. The van der Waals surface area contributed by atoms with Crippen LogP contribution in [0.5, 0.6) is 0 Å². The monoisotopic (exact) mass is 242 g/mol. The summed E-state index contributed by atoms with van der Waals surface area (Å²) in [6, 6.07) is 0.321. The lowest BCUT2D eigenvalue weighted by atomic mass is 10.1. The topological polar surface area (TPSA) is 78.7 Å². The highest BCUT2D eigenvalue weighted by molar-refractivity contribution is 6.35. The zero-order chi connectivity index (χ0) is 13.0. The minimum atomic E-state index is -0.554. The van der Waals surface area contributed by atoms with Gasteiger partial charge in [-0.3, -0.25) is 9.59 Å². The lowest BCUT2D eigenvalue weighted by Gasteiger charge is -2.22. The van der Waals surface area contributed by atoms with Crippen molar-refractivity contribution in [1.29, 1.82) is 0 Å². The number of likely N-dealkylation sites (tertiary alicyclic amines) is 1. The summed E-state index contributed by atoms with van der Waals surface area (Å²) in [6.45, 7) is 4.03. The largest absolute Gasteiger partial charge is 0.347 e. The molecular formula is C11H22N4O2. The summed E-state index contributed by atoms with van der Waals surface area (Å²) in [6.07, 6.45) is 0. The number of likely N-dealkylation sites (N-methyl/N-ethyl adjacent to an activating group) is 1. The van der Waals surface area contributed by atoms with Crippen molar-refractivity contribution in [2.45, 2.75) is 13.0 Å². The first-order valence-corrected chi connectivity index (χ1v) is 5.91. The van der Waals surface area contributed by atoms with Gasteiger partial charge in [-0.25, -0.2) is 0 Å². The summed E-state index contributed by atoms with van der Waals surface area (Å²) >= 11 is 0. The van der Waals surface area contributed by atoms with Crippen LogP contribution in [0.2, 0.25) is 0 Å². The van der Waals surface area contributed by atoms with Crippen molar-refractivity contribution in [1.82, 2.24) is 15.1 Å². The molecule has 1 heterocycles. The van der Waals surface area contributed by atoms with E-state index in [0.717, 1.165) is 0 Å². The Balaban J connectivity index is 2.52. The molecule has 3 N–H and O–H groups in total. The standard InChI is InChI=1S/C11H22N4O2/c1-8-6-15(7-9(8)14(2)3)11(17)10(16)13-5-4-12/h8-9H,4-7,12H2,1-3H3,(H,13,16). The van der Waals surface area contributed by atoms with E-state index in [1.807, 2.05) is 14.1 Å². The molecule has 1 fully saturated rings. The number of nitrogens with one attached hydrogen (secondary N) is 1. The van der Waals surface area contributed by atoms with Crippen LogP contribution in [0.1, 0.15) is 6.92 Å². The number of carbonyl (C=O) groups is 2. The molecular weight excluding hydrogens is 220 g/mol. The highest BCUT2D eigenvalue weighted by Crippen LogP contribution is 2.19. The van der Waals surface area contributed by atoms with E-state index in [1.165, 1.54) is 0 Å². The van der Waals surface area contributed by atoms with E-state index in [0.29, 0.717) is 38.1 Å². The summed E-state index contributed by atoms with van der Waals surface area (Å²) in [4.78, 5) is 27.0. The third-order valence-electron chi connectivity index (χ3n) is 3.15. The molecule has 1 saturated heterocycles. The van der Waals surface area contributed by atoms with Gasteiger partial charge < -0.3 is 20.9 Å². The fourth-order valence-electron chi connectivity index (χ4n) is 2.19. The normalized spacial score (nSPS) is 24.2. The van der Waals surface area contributed by atoms with Crippen LogP contribution in [0.25, 0.3) is 0 Å². The number of nitrogens with zero attached hydrogens (tertiary/aromatic N) is 2. The molecule has 1 rings (SSSR count). The third-order valence-corrected chi connectivity index (χ3v) is 3.15. The van der Waals surface area contributed by atoms with Gasteiger partial charge >= 0.3 is 11.8 Å². The van der Waals surface area contributed by atoms with Gasteiger partial charge in [0.15, 0.2) is 0 Å². The maximum absolute atomic E-state index is 11.8. The molecule has 6 nitrogen and oxygen atoms in total. The summed E-state index contributed by atoms with van der Waals surface area (Å²) in [5.41, 5.74) is 5.27.